The van der Waals surface area contributed by atoms with Gasteiger partial charge in [-0.1, -0.05) is 78.9 Å². The standard InChI is InChI=1S/C30H28N2O7/c1-19(37-17-20-9-3-2-4-10-20)28(29(35)39-32-26(33)15-16-27(32)34)31-30(36)38-18-25-23-13-7-5-11-21(23)22-12-6-8-14-24(22)25/h2-14,19,25,28H,15-18H2,1H3,(H,31,36). The average Bonchev–Trinajstić information content (AvgIpc) is 3.45. The maximum atomic E-state index is 13.0. The van der Waals surface area contributed by atoms with Gasteiger partial charge in [-0.25, -0.2) is 9.59 Å². The molecule has 0 aromatic heterocycles. The maximum Gasteiger partial charge on any atom is 0.407 e. The molecular weight excluding hydrogens is 500 g/mol. The van der Waals surface area contributed by atoms with Crippen LogP contribution in [0.25, 0.3) is 11.1 Å². The second kappa shape index (κ2) is 11.5. The van der Waals surface area contributed by atoms with Crippen molar-refractivity contribution in [3.63, 3.8) is 0 Å². The molecule has 9 heteroatoms. The Labute approximate surface area is 225 Å². The molecule has 2 unspecified atom stereocenters. The van der Waals surface area contributed by atoms with Crippen molar-refractivity contribution >= 4 is 23.9 Å². The number of hydrogen-bond acceptors (Lipinski definition) is 7. The molecule has 1 aliphatic carbocycles. The van der Waals surface area contributed by atoms with Crippen molar-refractivity contribution in [2.45, 2.75) is 44.4 Å². The second-order valence-corrected chi connectivity index (χ2v) is 9.44. The van der Waals surface area contributed by atoms with E-state index in [2.05, 4.69) is 5.32 Å². The summed E-state index contributed by atoms with van der Waals surface area (Å²) in [4.78, 5) is 55.0. The number of ether oxygens (including phenoxy) is 2. The Morgan fingerprint density at radius 2 is 1.44 bits per heavy atom. The van der Waals surface area contributed by atoms with Gasteiger partial charge in [0.2, 0.25) is 0 Å². The first kappa shape index (κ1) is 26.1. The third-order valence-corrected chi connectivity index (χ3v) is 6.88. The maximum absolute atomic E-state index is 13.0. The van der Waals surface area contributed by atoms with Gasteiger partial charge in [0.25, 0.3) is 11.8 Å². The third-order valence-electron chi connectivity index (χ3n) is 6.88. The second-order valence-electron chi connectivity index (χ2n) is 9.44. The van der Waals surface area contributed by atoms with Gasteiger partial charge < -0.3 is 19.6 Å². The lowest BCUT2D eigenvalue weighted by molar-refractivity contribution is -0.201. The van der Waals surface area contributed by atoms with E-state index in [0.717, 1.165) is 27.8 Å². The first-order valence-corrected chi connectivity index (χ1v) is 12.8. The summed E-state index contributed by atoms with van der Waals surface area (Å²) in [6.45, 7) is 1.80. The fourth-order valence-electron chi connectivity index (χ4n) is 4.84. The molecule has 200 valence electrons. The van der Waals surface area contributed by atoms with E-state index in [1.54, 1.807) is 6.92 Å². The minimum Gasteiger partial charge on any atom is -0.449 e. The molecule has 1 fully saturated rings. The highest BCUT2D eigenvalue weighted by atomic mass is 16.7. The number of rotatable bonds is 9. The van der Waals surface area contributed by atoms with Gasteiger partial charge in [0.05, 0.1) is 12.7 Å². The first-order chi connectivity index (χ1) is 18.9. The fraction of sp³-hybridized carbons (Fsp3) is 0.267. The average molecular weight is 529 g/mol. The zero-order valence-corrected chi connectivity index (χ0v) is 21.4. The monoisotopic (exact) mass is 528 g/mol. The van der Waals surface area contributed by atoms with E-state index in [0.29, 0.717) is 5.06 Å². The van der Waals surface area contributed by atoms with E-state index in [1.807, 2.05) is 78.9 Å². The van der Waals surface area contributed by atoms with Crippen molar-refractivity contribution in [1.82, 2.24) is 10.4 Å². The lowest BCUT2D eigenvalue weighted by atomic mass is 9.98. The number of carbonyl (C=O) groups is 4. The summed E-state index contributed by atoms with van der Waals surface area (Å²) < 4.78 is 11.4. The van der Waals surface area contributed by atoms with E-state index in [9.17, 15) is 19.2 Å². The highest BCUT2D eigenvalue weighted by Crippen LogP contribution is 2.44. The predicted molar refractivity (Wildman–Crippen MR) is 140 cm³/mol. The summed E-state index contributed by atoms with van der Waals surface area (Å²) in [5.74, 6) is -2.41. The molecule has 1 saturated heterocycles. The zero-order chi connectivity index (χ0) is 27.4. The molecule has 1 aliphatic heterocycles. The topological polar surface area (TPSA) is 111 Å². The van der Waals surface area contributed by atoms with Gasteiger partial charge in [-0.05, 0) is 34.7 Å². The summed E-state index contributed by atoms with van der Waals surface area (Å²) in [5, 5.41) is 2.96. The summed E-state index contributed by atoms with van der Waals surface area (Å²) >= 11 is 0. The van der Waals surface area contributed by atoms with Gasteiger partial charge in [-0.15, -0.1) is 5.06 Å². The van der Waals surface area contributed by atoms with Crippen LogP contribution in [-0.2, 0) is 35.3 Å². The van der Waals surface area contributed by atoms with Crippen molar-refractivity contribution < 1.29 is 33.5 Å². The first-order valence-electron chi connectivity index (χ1n) is 12.8. The normalized spacial score (nSPS) is 15.9. The van der Waals surface area contributed by atoms with Crippen LogP contribution in [0, 0.1) is 0 Å². The smallest absolute Gasteiger partial charge is 0.407 e. The molecule has 3 amide bonds. The van der Waals surface area contributed by atoms with Crippen LogP contribution in [0.15, 0.2) is 78.9 Å². The molecule has 9 nitrogen and oxygen atoms in total. The van der Waals surface area contributed by atoms with Crippen molar-refractivity contribution in [3.05, 3.63) is 95.6 Å². The van der Waals surface area contributed by atoms with Crippen LogP contribution >= 0.6 is 0 Å². The van der Waals surface area contributed by atoms with Crippen molar-refractivity contribution in [2.24, 2.45) is 0 Å². The van der Waals surface area contributed by atoms with Crippen LogP contribution in [0.1, 0.15) is 42.4 Å². The molecular formula is C30H28N2O7. The van der Waals surface area contributed by atoms with Gasteiger partial charge in [0, 0.05) is 18.8 Å². The molecule has 1 heterocycles. The van der Waals surface area contributed by atoms with E-state index in [1.165, 1.54) is 0 Å². The number of benzene rings is 3. The quantitative estimate of drug-likeness (QED) is 0.416. The van der Waals surface area contributed by atoms with Crippen molar-refractivity contribution in [3.8, 4) is 11.1 Å². The number of imide groups is 1. The van der Waals surface area contributed by atoms with Gasteiger partial charge in [0.15, 0.2) is 6.04 Å². The molecule has 0 spiro atoms. The molecule has 0 bridgehead atoms. The third kappa shape index (κ3) is 5.68. The summed E-state index contributed by atoms with van der Waals surface area (Å²) in [6.07, 6.45) is -1.81. The Bertz CT molecular complexity index is 1330. The van der Waals surface area contributed by atoms with E-state index >= 15 is 0 Å². The number of alkyl carbamates (subject to hydrolysis) is 1. The number of hydroxylamine groups is 2. The molecule has 39 heavy (non-hydrogen) atoms. The van der Waals surface area contributed by atoms with E-state index in [-0.39, 0.29) is 32.0 Å². The van der Waals surface area contributed by atoms with E-state index in [4.69, 9.17) is 14.3 Å². The van der Waals surface area contributed by atoms with Crippen LogP contribution in [0.2, 0.25) is 0 Å². The highest BCUT2D eigenvalue weighted by Gasteiger charge is 2.38. The van der Waals surface area contributed by atoms with Gasteiger partial charge in [0.1, 0.15) is 6.61 Å². The molecule has 3 aromatic carbocycles. The van der Waals surface area contributed by atoms with Gasteiger partial charge >= 0.3 is 12.1 Å². The number of amides is 3. The van der Waals surface area contributed by atoms with Gasteiger partial charge in [-0.2, -0.15) is 0 Å². The SMILES string of the molecule is CC(OCc1ccccc1)C(NC(=O)OCC1c2ccccc2-c2ccccc21)C(=O)ON1C(=O)CCC1=O. The van der Waals surface area contributed by atoms with Gasteiger partial charge in [-0.3, -0.25) is 9.59 Å². The number of fused-ring (bicyclic) bond motifs is 3. The number of hydrogen-bond donors (Lipinski definition) is 1. The molecule has 3 aromatic rings. The minimum atomic E-state index is -1.34. The Morgan fingerprint density at radius 3 is 2.05 bits per heavy atom. The molecule has 1 N–H and O–H groups in total. The summed E-state index contributed by atoms with van der Waals surface area (Å²) in [7, 11) is 0. The number of nitrogens with one attached hydrogen (secondary N) is 1. The van der Waals surface area contributed by atoms with Crippen molar-refractivity contribution in [2.75, 3.05) is 6.61 Å². The van der Waals surface area contributed by atoms with Crippen LogP contribution in [0.4, 0.5) is 4.79 Å². The number of nitrogens with zero attached hydrogens (tertiary/aromatic N) is 1. The van der Waals surface area contributed by atoms with Crippen LogP contribution in [0.5, 0.6) is 0 Å². The Morgan fingerprint density at radius 1 is 0.872 bits per heavy atom. The molecule has 2 atom stereocenters. The molecule has 0 saturated carbocycles. The summed E-state index contributed by atoms with van der Waals surface area (Å²) in [6, 6.07) is 23.9. The van der Waals surface area contributed by atoms with Crippen molar-refractivity contribution in [1.29, 1.82) is 0 Å². The van der Waals surface area contributed by atoms with Crippen LogP contribution in [-0.4, -0.2) is 47.7 Å². The lowest BCUT2D eigenvalue weighted by Gasteiger charge is -2.25. The molecule has 0 radical (unpaired) electrons. The fourth-order valence-corrected chi connectivity index (χ4v) is 4.84. The Balaban J connectivity index is 1.27. The Kier molecular flexibility index (Phi) is 7.69. The van der Waals surface area contributed by atoms with Crippen LogP contribution in [0.3, 0.4) is 0 Å². The Hall–Kier alpha value is -4.50. The van der Waals surface area contributed by atoms with Crippen LogP contribution < -0.4 is 5.32 Å². The molecule has 2 aliphatic rings. The number of carbonyl (C=O) groups excluding carboxylic acids is 4. The largest absolute Gasteiger partial charge is 0.449 e. The predicted octanol–water partition coefficient (Wildman–Crippen LogP) is 4.11. The zero-order valence-electron chi connectivity index (χ0n) is 21.4. The molecule has 5 rings (SSSR count). The lowest BCUT2D eigenvalue weighted by Crippen LogP contribution is -2.51. The minimum absolute atomic E-state index is 0.0450. The highest BCUT2D eigenvalue weighted by molar-refractivity contribution is 6.02. The summed E-state index contributed by atoms with van der Waals surface area (Å²) in [5.41, 5.74) is 5.14. The van der Waals surface area contributed by atoms with E-state index < -0.39 is 36.0 Å².